The zero-order valence-electron chi connectivity index (χ0n) is 14.9. The van der Waals surface area contributed by atoms with Crippen LogP contribution < -0.4 is 10.2 Å². The van der Waals surface area contributed by atoms with Crippen LogP contribution in [0, 0.1) is 0 Å². The van der Waals surface area contributed by atoms with Gasteiger partial charge >= 0.3 is 0 Å². The van der Waals surface area contributed by atoms with Crippen LogP contribution in [0.1, 0.15) is 18.4 Å². The van der Waals surface area contributed by atoms with Gasteiger partial charge in [0.15, 0.2) is 0 Å². The number of anilines is 2. The van der Waals surface area contributed by atoms with E-state index in [1.54, 1.807) is 6.07 Å². The van der Waals surface area contributed by atoms with Crippen molar-refractivity contribution in [3.05, 3.63) is 57.5 Å². The van der Waals surface area contributed by atoms with E-state index in [-0.39, 0.29) is 5.91 Å². The molecule has 6 heteroatoms. The molecular weight excluding hydrogens is 416 g/mol. The average Bonchev–Trinajstić information content (AvgIpc) is 2.62. The summed E-state index contributed by atoms with van der Waals surface area (Å²) >= 11 is 9.80. The van der Waals surface area contributed by atoms with E-state index in [0.29, 0.717) is 36.8 Å². The number of nitrogens with zero attached hydrogens (tertiary/aromatic N) is 1. The first-order valence-electron chi connectivity index (χ1n) is 8.54. The maximum absolute atomic E-state index is 13.3. The van der Waals surface area contributed by atoms with E-state index >= 15 is 0 Å². The number of rotatable bonds is 4. The molecule has 0 aliphatic carbocycles. The highest BCUT2D eigenvalue weighted by Gasteiger charge is 2.41. The second-order valence-corrected chi connectivity index (χ2v) is 8.04. The third-order valence-corrected chi connectivity index (χ3v) is 5.70. The lowest BCUT2D eigenvalue weighted by Gasteiger charge is -2.36. The Morgan fingerprint density at radius 2 is 1.81 bits per heavy atom. The zero-order chi connectivity index (χ0) is 18.7. The minimum Gasteiger partial charge on any atom is -0.381 e. The molecule has 0 spiro atoms. The SMILES string of the molecule is CN(C)c1ccc(NC(=O)C2(c3ccc(Br)cc3)CCOCC2)cc1Cl. The number of amides is 1. The van der Waals surface area contributed by atoms with E-state index in [1.165, 1.54) is 0 Å². The van der Waals surface area contributed by atoms with Crippen LogP contribution in [0.2, 0.25) is 5.02 Å². The maximum atomic E-state index is 13.3. The lowest BCUT2D eigenvalue weighted by molar-refractivity contribution is -0.125. The fraction of sp³-hybridized carbons (Fsp3) is 0.350. The Kier molecular flexibility index (Phi) is 5.90. The van der Waals surface area contributed by atoms with Crippen LogP contribution in [0.15, 0.2) is 46.9 Å². The molecule has 1 saturated heterocycles. The van der Waals surface area contributed by atoms with Crippen LogP contribution >= 0.6 is 27.5 Å². The summed E-state index contributed by atoms with van der Waals surface area (Å²) in [6.45, 7) is 1.15. The second kappa shape index (κ2) is 7.99. The minimum absolute atomic E-state index is 0.0169. The third kappa shape index (κ3) is 3.90. The fourth-order valence-electron chi connectivity index (χ4n) is 3.33. The largest absolute Gasteiger partial charge is 0.381 e. The monoisotopic (exact) mass is 436 g/mol. The highest BCUT2D eigenvalue weighted by molar-refractivity contribution is 9.10. The van der Waals surface area contributed by atoms with Crippen LogP contribution in [0.4, 0.5) is 11.4 Å². The van der Waals surface area contributed by atoms with Gasteiger partial charge in [-0.15, -0.1) is 0 Å². The molecule has 0 unspecified atom stereocenters. The normalized spacial score (nSPS) is 16.2. The van der Waals surface area contributed by atoms with Gasteiger partial charge < -0.3 is 15.0 Å². The number of ether oxygens (including phenoxy) is 1. The van der Waals surface area contributed by atoms with Crippen LogP contribution in [0.3, 0.4) is 0 Å². The summed E-state index contributed by atoms with van der Waals surface area (Å²) in [5, 5.41) is 3.67. The number of halogens is 2. The molecule has 1 aliphatic rings. The van der Waals surface area contributed by atoms with Gasteiger partial charge in [0.05, 0.1) is 16.1 Å². The third-order valence-electron chi connectivity index (χ3n) is 4.87. The summed E-state index contributed by atoms with van der Waals surface area (Å²) in [4.78, 5) is 15.2. The molecule has 2 aromatic rings. The smallest absolute Gasteiger partial charge is 0.235 e. The van der Waals surface area contributed by atoms with E-state index in [9.17, 15) is 4.79 Å². The van der Waals surface area contributed by atoms with Gasteiger partial charge in [-0.1, -0.05) is 39.7 Å². The Bertz CT molecular complexity index is 787. The average molecular weight is 438 g/mol. The highest BCUT2D eigenvalue weighted by atomic mass is 79.9. The van der Waals surface area contributed by atoms with E-state index < -0.39 is 5.41 Å². The van der Waals surface area contributed by atoms with E-state index in [0.717, 1.165) is 15.7 Å². The summed E-state index contributed by atoms with van der Waals surface area (Å²) in [7, 11) is 3.87. The summed E-state index contributed by atoms with van der Waals surface area (Å²) in [5.41, 5.74) is 2.04. The molecule has 3 rings (SSSR count). The van der Waals surface area contributed by atoms with Crippen LogP contribution in [-0.2, 0) is 14.9 Å². The van der Waals surface area contributed by atoms with Crippen LogP contribution in [0.25, 0.3) is 0 Å². The summed E-state index contributed by atoms with van der Waals surface area (Å²) in [6, 6.07) is 13.6. The zero-order valence-corrected chi connectivity index (χ0v) is 17.2. The van der Waals surface area contributed by atoms with Gasteiger partial charge in [-0.05, 0) is 48.7 Å². The Balaban J connectivity index is 1.89. The number of benzene rings is 2. The van der Waals surface area contributed by atoms with Crippen molar-refractivity contribution >= 4 is 44.8 Å². The molecule has 26 heavy (non-hydrogen) atoms. The van der Waals surface area contributed by atoms with Crippen molar-refractivity contribution in [2.24, 2.45) is 0 Å². The van der Waals surface area contributed by atoms with Crippen molar-refractivity contribution in [3.63, 3.8) is 0 Å². The molecule has 0 bridgehead atoms. The van der Waals surface area contributed by atoms with Crippen molar-refractivity contribution in [1.82, 2.24) is 0 Å². The van der Waals surface area contributed by atoms with E-state index in [4.69, 9.17) is 16.3 Å². The molecule has 1 fully saturated rings. The molecule has 0 saturated carbocycles. The van der Waals surface area contributed by atoms with Gasteiger partial charge in [-0.25, -0.2) is 0 Å². The molecular formula is C20H22BrClN2O2. The van der Waals surface area contributed by atoms with Crippen LogP contribution in [0.5, 0.6) is 0 Å². The Hall–Kier alpha value is -1.56. The first kappa shape index (κ1) is 19.2. The molecule has 1 aliphatic heterocycles. The molecule has 0 aromatic heterocycles. The predicted molar refractivity (Wildman–Crippen MR) is 110 cm³/mol. The molecule has 0 radical (unpaired) electrons. The van der Waals surface area contributed by atoms with Gasteiger partial charge in [-0.3, -0.25) is 4.79 Å². The van der Waals surface area contributed by atoms with Crippen molar-refractivity contribution in [3.8, 4) is 0 Å². The lowest BCUT2D eigenvalue weighted by Crippen LogP contribution is -2.44. The summed E-state index contributed by atoms with van der Waals surface area (Å²) in [5.74, 6) is -0.0169. The van der Waals surface area contributed by atoms with Crippen molar-refractivity contribution < 1.29 is 9.53 Å². The molecule has 1 amide bonds. The molecule has 1 heterocycles. The molecule has 4 nitrogen and oxygen atoms in total. The molecule has 1 N–H and O–H groups in total. The Morgan fingerprint density at radius 1 is 1.15 bits per heavy atom. The van der Waals surface area contributed by atoms with Gasteiger partial charge in [-0.2, -0.15) is 0 Å². The summed E-state index contributed by atoms with van der Waals surface area (Å²) in [6.07, 6.45) is 1.31. The quantitative estimate of drug-likeness (QED) is 0.743. The number of nitrogens with one attached hydrogen (secondary N) is 1. The van der Waals surface area contributed by atoms with Gasteiger partial charge in [0.1, 0.15) is 0 Å². The Labute approximate surface area is 167 Å². The van der Waals surface area contributed by atoms with Crippen molar-refractivity contribution in [1.29, 1.82) is 0 Å². The van der Waals surface area contributed by atoms with Gasteiger partial charge in [0, 0.05) is 37.5 Å². The first-order valence-corrected chi connectivity index (χ1v) is 9.71. The number of hydrogen-bond acceptors (Lipinski definition) is 3. The molecule has 2 aromatic carbocycles. The van der Waals surface area contributed by atoms with Gasteiger partial charge in [0.25, 0.3) is 0 Å². The minimum atomic E-state index is -0.592. The number of carbonyl (C=O) groups excluding carboxylic acids is 1. The van der Waals surface area contributed by atoms with Crippen molar-refractivity contribution in [2.45, 2.75) is 18.3 Å². The summed E-state index contributed by atoms with van der Waals surface area (Å²) < 4.78 is 6.51. The molecule has 0 atom stereocenters. The topological polar surface area (TPSA) is 41.6 Å². The van der Waals surface area contributed by atoms with E-state index in [1.807, 2.05) is 55.4 Å². The fourth-order valence-corrected chi connectivity index (χ4v) is 3.95. The lowest BCUT2D eigenvalue weighted by atomic mass is 9.73. The van der Waals surface area contributed by atoms with Gasteiger partial charge in [0.2, 0.25) is 5.91 Å². The first-order chi connectivity index (χ1) is 12.4. The maximum Gasteiger partial charge on any atom is 0.235 e. The Morgan fingerprint density at radius 3 is 2.38 bits per heavy atom. The predicted octanol–water partition coefficient (Wildman–Crippen LogP) is 4.86. The molecule has 138 valence electrons. The number of carbonyl (C=O) groups is 1. The van der Waals surface area contributed by atoms with Crippen LogP contribution in [-0.4, -0.2) is 33.2 Å². The standard InChI is InChI=1S/C20H22BrClN2O2/c1-24(2)18-8-7-16(13-17(18)22)23-19(25)20(9-11-26-12-10-20)14-3-5-15(21)6-4-14/h3-8,13H,9-12H2,1-2H3,(H,23,25). The van der Waals surface area contributed by atoms with Crippen molar-refractivity contribution in [2.75, 3.05) is 37.5 Å². The number of hydrogen-bond donors (Lipinski definition) is 1. The highest BCUT2D eigenvalue weighted by Crippen LogP contribution is 2.37. The van der Waals surface area contributed by atoms with E-state index in [2.05, 4.69) is 21.2 Å². The second-order valence-electron chi connectivity index (χ2n) is 6.72.